The Labute approximate surface area is 167 Å². The van der Waals surface area contributed by atoms with E-state index in [0.717, 1.165) is 4.31 Å². The van der Waals surface area contributed by atoms with E-state index in [1.165, 1.54) is 36.0 Å². The van der Waals surface area contributed by atoms with E-state index in [9.17, 15) is 17.6 Å². The first kappa shape index (κ1) is 20.8. The third-order valence-corrected chi connectivity index (χ3v) is 7.94. The van der Waals surface area contributed by atoms with Crippen molar-refractivity contribution in [2.24, 2.45) is 0 Å². The number of thioether (sulfide) groups is 1. The summed E-state index contributed by atoms with van der Waals surface area (Å²) in [4.78, 5) is 12.3. The molecule has 1 fully saturated rings. The number of carbonyl (C=O) groups excluding carboxylic acids is 1. The fourth-order valence-corrected chi connectivity index (χ4v) is 6.45. The molecule has 6 nitrogen and oxygen atoms in total. The van der Waals surface area contributed by atoms with Gasteiger partial charge in [0.05, 0.1) is 4.90 Å². The van der Waals surface area contributed by atoms with Crippen molar-refractivity contribution in [3.8, 4) is 11.1 Å². The van der Waals surface area contributed by atoms with E-state index in [1.54, 1.807) is 43.6 Å². The highest BCUT2D eigenvalue weighted by Gasteiger charge is 2.48. The molecule has 1 heterocycles. The van der Waals surface area contributed by atoms with Gasteiger partial charge in [-0.3, -0.25) is 10.0 Å². The molecule has 0 spiro atoms. The van der Waals surface area contributed by atoms with Gasteiger partial charge in [0.1, 0.15) is 11.9 Å². The lowest BCUT2D eigenvalue weighted by Crippen LogP contribution is -2.61. The molecule has 2 aromatic carbocycles. The van der Waals surface area contributed by atoms with E-state index < -0.39 is 26.7 Å². The summed E-state index contributed by atoms with van der Waals surface area (Å²) >= 11 is 1.47. The lowest BCUT2D eigenvalue weighted by Gasteiger charge is -2.43. The predicted molar refractivity (Wildman–Crippen MR) is 106 cm³/mol. The summed E-state index contributed by atoms with van der Waals surface area (Å²) in [5.74, 6) is -0.611. The summed E-state index contributed by atoms with van der Waals surface area (Å²) in [6.45, 7) is 3.69. The molecule has 28 heavy (non-hydrogen) atoms. The van der Waals surface area contributed by atoms with Crippen LogP contribution in [0.3, 0.4) is 0 Å². The van der Waals surface area contributed by atoms with Crippen LogP contribution >= 0.6 is 11.8 Å². The van der Waals surface area contributed by atoms with E-state index in [4.69, 9.17) is 5.21 Å². The molecule has 1 amide bonds. The Morgan fingerprint density at radius 1 is 1.21 bits per heavy atom. The van der Waals surface area contributed by atoms with E-state index >= 15 is 0 Å². The number of nitrogens with one attached hydrogen (secondary N) is 1. The molecule has 2 aromatic rings. The lowest BCUT2D eigenvalue weighted by molar-refractivity contribution is -0.134. The van der Waals surface area contributed by atoms with Gasteiger partial charge in [0.2, 0.25) is 10.0 Å². The Morgan fingerprint density at radius 3 is 2.50 bits per heavy atom. The fraction of sp³-hybridized carbons (Fsp3) is 0.316. The molecule has 1 aliphatic rings. The molecule has 1 atom stereocenters. The topological polar surface area (TPSA) is 86.7 Å². The highest BCUT2D eigenvalue weighted by Crippen LogP contribution is 2.38. The van der Waals surface area contributed by atoms with Crippen molar-refractivity contribution in [3.63, 3.8) is 0 Å². The minimum absolute atomic E-state index is 0.0334. The van der Waals surface area contributed by atoms with Crippen LogP contribution in [-0.4, -0.2) is 46.9 Å². The SMILES string of the molecule is CC1(C)SCCN(S(=O)(=O)c2ccc(-c3cccc(F)c3)cc2)[C@H]1C(=O)NO. The Balaban J connectivity index is 1.96. The molecule has 0 saturated carbocycles. The van der Waals surface area contributed by atoms with Gasteiger partial charge in [-0.1, -0.05) is 24.3 Å². The maximum absolute atomic E-state index is 13.4. The van der Waals surface area contributed by atoms with Crippen molar-refractivity contribution in [2.45, 2.75) is 29.5 Å². The second-order valence-corrected chi connectivity index (χ2v) is 10.6. The van der Waals surface area contributed by atoms with Gasteiger partial charge >= 0.3 is 0 Å². The van der Waals surface area contributed by atoms with Crippen molar-refractivity contribution in [2.75, 3.05) is 12.3 Å². The average Bonchev–Trinajstić information content (AvgIpc) is 2.66. The molecular formula is C19H21FN2O4S2. The third kappa shape index (κ3) is 3.93. The highest BCUT2D eigenvalue weighted by atomic mass is 32.2. The Morgan fingerprint density at radius 2 is 1.89 bits per heavy atom. The van der Waals surface area contributed by atoms with Gasteiger partial charge in [0, 0.05) is 17.0 Å². The van der Waals surface area contributed by atoms with Crippen molar-refractivity contribution in [3.05, 3.63) is 54.3 Å². The number of amides is 1. The molecule has 2 N–H and O–H groups in total. The molecule has 3 rings (SSSR count). The lowest BCUT2D eigenvalue weighted by atomic mass is 10.0. The monoisotopic (exact) mass is 424 g/mol. The molecule has 9 heteroatoms. The van der Waals surface area contributed by atoms with Crippen LogP contribution in [0, 0.1) is 5.82 Å². The van der Waals surface area contributed by atoms with Crippen LogP contribution in [0.5, 0.6) is 0 Å². The standard InChI is InChI=1S/C19H21FN2O4S2/c1-19(2)17(18(23)21-24)22(10-11-27-19)28(25,26)16-8-6-13(7-9-16)14-4-3-5-15(20)12-14/h3-9,12,17,24H,10-11H2,1-2H3,(H,21,23)/t17-/m0/s1. The smallest absolute Gasteiger partial charge is 0.263 e. The second-order valence-electron chi connectivity index (χ2n) is 6.98. The number of hydroxylamine groups is 1. The van der Waals surface area contributed by atoms with E-state index in [1.807, 2.05) is 0 Å². The van der Waals surface area contributed by atoms with Gasteiger partial charge < -0.3 is 0 Å². The fourth-order valence-electron chi connectivity index (χ4n) is 3.34. The largest absolute Gasteiger partial charge is 0.289 e. The zero-order valence-corrected chi connectivity index (χ0v) is 17.1. The van der Waals surface area contributed by atoms with Gasteiger partial charge in [-0.25, -0.2) is 18.3 Å². The quantitative estimate of drug-likeness (QED) is 0.582. The number of hydrogen-bond acceptors (Lipinski definition) is 5. The van der Waals surface area contributed by atoms with Crippen LogP contribution < -0.4 is 5.48 Å². The predicted octanol–water partition coefficient (Wildman–Crippen LogP) is 2.88. The summed E-state index contributed by atoms with van der Waals surface area (Å²) in [6.07, 6.45) is 0. The first-order valence-corrected chi connectivity index (χ1v) is 11.0. The van der Waals surface area contributed by atoms with Crippen LogP contribution in [0.15, 0.2) is 53.4 Å². The average molecular weight is 425 g/mol. The summed E-state index contributed by atoms with van der Waals surface area (Å²) in [5.41, 5.74) is 2.90. The number of nitrogens with zero attached hydrogens (tertiary/aromatic N) is 1. The molecule has 0 unspecified atom stereocenters. The molecule has 0 radical (unpaired) electrons. The molecule has 0 bridgehead atoms. The van der Waals surface area contributed by atoms with Gasteiger partial charge in [-0.2, -0.15) is 16.1 Å². The van der Waals surface area contributed by atoms with Gasteiger partial charge in [0.25, 0.3) is 5.91 Å². The molecule has 1 aliphatic heterocycles. The van der Waals surface area contributed by atoms with Gasteiger partial charge in [0.15, 0.2) is 0 Å². The summed E-state index contributed by atoms with van der Waals surface area (Å²) in [6, 6.07) is 11.1. The van der Waals surface area contributed by atoms with E-state index in [0.29, 0.717) is 16.9 Å². The second kappa shape index (κ2) is 7.82. The minimum atomic E-state index is -3.97. The number of halogens is 1. The first-order valence-electron chi connectivity index (χ1n) is 8.62. The van der Waals surface area contributed by atoms with Gasteiger partial charge in [-0.05, 0) is 49.2 Å². The summed E-state index contributed by atoms with van der Waals surface area (Å²) in [7, 11) is -3.97. The zero-order valence-electron chi connectivity index (χ0n) is 15.4. The number of hydrogen-bond donors (Lipinski definition) is 2. The molecule has 0 aromatic heterocycles. The summed E-state index contributed by atoms with van der Waals surface area (Å²) < 4.78 is 40.3. The normalized spacial score (nSPS) is 19.9. The Bertz CT molecular complexity index is 978. The van der Waals surface area contributed by atoms with Crippen LogP contribution in [0.1, 0.15) is 13.8 Å². The van der Waals surface area contributed by atoms with E-state index in [2.05, 4.69) is 0 Å². The van der Waals surface area contributed by atoms with Crippen LogP contribution in [0.2, 0.25) is 0 Å². The number of sulfonamides is 1. The molecular weight excluding hydrogens is 403 g/mol. The van der Waals surface area contributed by atoms with Crippen molar-refractivity contribution in [1.29, 1.82) is 0 Å². The van der Waals surface area contributed by atoms with Crippen LogP contribution in [0.4, 0.5) is 4.39 Å². The zero-order chi connectivity index (χ0) is 20.5. The number of rotatable bonds is 4. The minimum Gasteiger partial charge on any atom is -0.289 e. The Kier molecular flexibility index (Phi) is 5.81. The molecule has 0 aliphatic carbocycles. The highest BCUT2D eigenvalue weighted by molar-refractivity contribution is 8.00. The number of carbonyl (C=O) groups is 1. The van der Waals surface area contributed by atoms with Crippen LogP contribution in [0.25, 0.3) is 11.1 Å². The van der Waals surface area contributed by atoms with Crippen molar-refractivity contribution in [1.82, 2.24) is 9.79 Å². The Hall–Kier alpha value is -1.94. The first-order chi connectivity index (χ1) is 13.2. The summed E-state index contributed by atoms with van der Waals surface area (Å²) in [5, 5.41) is 9.10. The van der Waals surface area contributed by atoms with Gasteiger partial charge in [-0.15, -0.1) is 0 Å². The van der Waals surface area contributed by atoms with Crippen LogP contribution in [-0.2, 0) is 14.8 Å². The third-order valence-electron chi connectivity index (χ3n) is 4.71. The van der Waals surface area contributed by atoms with Crippen molar-refractivity contribution >= 4 is 27.7 Å². The number of benzene rings is 2. The molecule has 1 saturated heterocycles. The van der Waals surface area contributed by atoms with E-state index in [-0.39, 0.29) is 17.3 Å². The maximum Gasteiger partial charge on any atom is 0.263 e. The van der Waals surface area contributed by atoms with Crippen molar-refractivity contribution < 1.29 is 22.8 Å². The molecule has 150 valence electrons. The maximum atomic E-state index is 13.4.